The maximum atomic E-state index is 10.7. The summed E-state index contributed by atoms with van der Waals surface area (Å²) in [5, 5.41) is 12.1. The van der Waals surface area contributed by atoms with Crippen molar-refractivity contribution >= 4 is 5.97 Å². The summed E-state index contributed by atoms with van der Waals surface area (Å²) >= 11 is 0. The summed E-state index contributed by atoms with van der Waals surface area (Å²) in [4.78, 5) is 10.7. The predicted octanol–water partition coefficient (Wildman–Crippen LogP) is 2.68. The first-order valence-electron chi connectivity index (χ1n) is 7.15. The molecule has 0 aliphatic carbocycles. The number of rotatable bonds is 7. The van der Waals surface area contributed by atoms with Gasteiger partial charge in [0.25, 0.3) is 0 Å². The van der Waals surface area contributed by atoms with Crippen molar-refractivity contribution < 1.29 is 9.90 Å². The topological polar surface area (TPSA) is 75.3 Å². The molecule has 0 amide bonds. The molecule has 0 bridgehead atoms. The molecule has 4 N–H and O–H groups in total. The number of aliphatic carboxylic acids is 1. The minimum atomic E-state index is -0.973. The van der Waals surface area contributed by atoms with Gasteiger partial charge in [-0.05, 0) is 29.4 Å². The van der Waals surface area contributed by atoms with Crippen LogP contribution in [0, 0.1) is 5.41 Å². The monoisotopic (exact) mass is 290 g/mol. The highest BCUT2D eigenvalue weighted by Crippen LogP contribution is 2.21. The molecule has 116 valence electrons. The van der Waals surface area contributed by atoms with Gasteiger partial charge in [0, 0.05) is 12.2 Å². The molecule has 0 aromatic heterocycles. The van der Waals surface area contributed by atoms with Crippen LogP contribution in [-0.2, 0) is 17.8 Å². The Balaban J connectivity index is 2.48. The lowest BCUT2D eigenvalue weighted by atomic mass is 9.91. The van der Waals surface area contributed by atoms with Crippen LogP contribution in [0.1, 0.15) is 38.3 Å². The molecule has 0 aliphatic rings. The summed E-state index contributed by atoms with van der Waals surface area (Å²) in [6.45, 7) is 11.3. The molecule has 0 saturated carbocycles. The number of carboxylic acids is 1. The molecule has 0 fully saturated rings. The van der Waals surface area contributed by atoms with Crippen molar-refractivity contribution in [3.8, 4) is 0 Å². The minimum Gasteiger partial charge on any atom is -0.480 e. The number of carbonyl (C=O) groups is 1. The van der Waals surface area contributed by atoms with Crippen LogP contribution in [0.4, 0.5) is 0 Å². The van der Waals surface area contributed by atoms with Gasteiger partial charge in [-0.25, -0.2) is 0 Å². The fourth-order valence-corrected chi connectivity index (χ4v) is 2.06. The zero-order chi connectivity index (χ0) is 16.0. The maximum Gasteiger partial charge on any atom is 0.320 e. The number of carboxylic acid groups (broad SMARTS) is 1. The normalized spacial score (nSPS) is 12.8. The van der Waals surface area contributed by atoms with Gasteiger partial charge < -0.3 is 16.2 Å². The Hall–Kier alpha value is -1.81. The SMILES string of the molecule is C=C(CC(C)(C)C)NCc1ccc(C[C@@H](N)C(=O)O)cc1. The van der Waals surface area contributed by atoms with Gasteiger partial charge in [0.05, 0.1) is 0 Å². The first-order valence-corrected chi connectivity index (χ1v) is 7.15. The first kappa shape index (κ1) is 17.2. The summed E-state index contributed by atoms with van der Waals surface area (Å²) in [7, 11) is 0. The van der Waals surface area contributed by atoms with Gasteiger partial charge in [0.1, 0.15) is 6.04 Å². The van der Waals surface area contributed by atoms with Crippen molar-refractivity contribution in [3.63, 3.8) is 0 Å². The average molecular weight is 290 g/mol. The van der Waals surface area contributed by atoms with E-state index in [1.807, 2.05) is 24.3 Å². The van der Waals surface area contributed by atoms with E-state index in [1.54, 1.807) is 0 Å². The highest BCUT2D eigenvalue weighted by molar-refractivity contribution is 5.73. The van der Waals surface area contributed by atoms with Gasteiger partial charge in [-0.15, -0.1) is 0 Å². The lowest BCUT2D eigenvalue weighted by Gasteiger charge is -2.20. The van der Waals surface area contributed by atoms with Crippen LogP contribution >= 0.6 is 0 Å². The maximum absolute atomic E-state index is 10.7. The Labute approximate surface area is 127 Å². The third-order valence-electron chi connectivity index (χ3n) is 3.08. The molecule has 21 heavy (non-hydrogen) atoms. The molecule has 1 rings (SSSR count). The molecule has 0 heterocycles. The van der Waals surface area contributed by atoms with Gasteiger partial charge in [-0.3, -0.25) is 4.79 Å². The fraction of sp³-hybridized carbons (Fsp3) is 0.471. The number of allylic oxidation sites excluding steroid dienone is 1. The second kappa shape index (κ2) is 7.27. The molecule has 1 atom stereocenters. The predicted molar refractivity (Wildman–Crippen MR) is 85.8 cm³/mol. The van der Waals surface area contributed by atoms with Crippen LogP contribution in [-0.4, -0.2) is 17.1 Å². The van der Waals surface area contributed by atoms with E-state index in [-0.39, 0.29) is 5.41 Å². The molecular weight excluding hydrogens is 264 g/mol. The molecule has 0 spiro atoms. The second-order valence-electron chi connectivity index (χ2n) is 6.66. The van der Waals surface area contributed by atoms with E-state index in [0.717, 1.165) is 29.8 Å². The van der Waals surface area contributed by atoms with Gasteiger partial charge in [0.2, 0.25) is 0 Å². The van der Waals surface area contributed by atoms with Crippen LogP contribution in [0.2, 0.25) is 0 Å². The zero-order valence-corrected chi connectivity index (χ0v) is 13.1. The van der Waals surface area contributed by atoms with E-state index in [4.69, 9.17) is 10.8 Å². The summed E-state index contributed by atoms with van der Waals surface area (Å²) < 4.78 is 0. The Morgan fingerprint density at radius 1 is 1.29 bits per heavy atom. The summed E-state index contributed by atoms with van der Waals surface area (Å²) in [5.74, 6) is -0.973. The second-order valence-corrected chi connectivity index (χ2v) is 6.66. The van der Waals surface area contributed by atoms with E-state index in [0.29, 0.717) is 6.42 Å². The Morgan fingerprint density at radius 2 is 1.81 bits per heavy atom. The number of benzene rings is 1. The van der Waals surface area contributed by atoms with Gasteiger partial charge >= 0.3 is 5.97 Å². The van der Waals surface area contributed by atoms with E-state index >= 15 is 0 Å². The fourth-order valence-electron chi connectivity index (χ4n) is 2.06. The number of nitrogens with two attached hydrogens (primary N) is 1. The largest absolute Gasteiger partial charge is 0.480 e. The highest BCUT2D eigenvalue weighted by atomic mass is 16.4. The number of hydrogen-bond donors (Lipinski definition) is 3. The summed E-state index contributed by atoms with van der Waals surface area (Å²) in [6, 6.07) is 6.97. The Bertz CT molecular complexity index is 487. The average Bonchev–Trinajstić information content (AvgIpc) is 2.35. The molecule has 0 radical (unpaired) electrons. The molecule has 1 aromatic carbocycles. The van der Waals surface area contributed by atoms with Crippen LogP contribution in [0.5, 0.6) is 0 Å². The van der Waals surface area contributed by atoms with E-state index in [9.17, 15) is 4.79 Å². The number of nitrogens with one attached hydrogen (secondary N) is 1. The van der Waals surface area contributed by atoms with Crippen LogP contribution in [0.3, 0.4) is 0 Å². The quantitative estimate of drug-likeness (QED) is 0.721. The molecule has 0 saturated heterocycles. The van der Waals surface area contributed by atoms with Crippen molar-refractivity contribution in [1.82, 2.24) is 5.32 Å². The van der Waals surface area contributed by atoms with Crippen LogP contribution in [0.25, 0.3) is 0 Å². The molecule has 4 heteroatoms. The van der Waals surface area contributed by atoms with E-state index in [1.165, 1.54) is 0 Å². The van der Waals surface area contributed by atoms with Crippen molar-refractivity contribution in [2.45, 2.75) is 46.2 Å². The zero-order valence-electron chi connectivity index (χ0n) is 13.1. The summed E-state index contributed by atoms with van der Waals surface area (Å²) in [5.41, 5.74) is 8.84. The van der Waals surface area contributed by atoms with Gasteiger partial charge in [0.15, 0.2) is 0 Å². The van der Waals surface area contributed by atoms with Gasteiger partial charge in [-0.1, -0.05) is 51.6 Å². The molecule has 0 unspecified atom stereocenters. The van der Waals surface area contributed by atoms with E-state index < -0.39 is 12.0 Å². The van der Waals surface area contributed by atoms with Crippen LogP contribution < -0.4 is 11.1 Å². The number of hydrogen-bond acceptors (Lipinski definition) is 3. The van der Waals surface area contributed by atoms with Crippen molar-refractivity contribution in [2.75, 3.05) is 0 Å². The standard InChI is InChI=1S/C17H26N2O2/c1-12(10-17(2,3)4)19-11-14-7-5-13(6-8-14)9-15(18)16(20)21/h5-8,15,19H,1,9-11,18H2,2-4H3,(H,20,21)/t15-/m1/s1. The highest BCUT2D eigenvalue weighted by Gasteiger charge is 2.13. The molecule has 0 aliphatic heterocycles. The minimum absolute atomic E-state index is 0.223. The smallest absolute Gasteiger partial charge is 0.320 e. The van der Waals surface area contributed by atoms with Crippen molar-refractivity contribution in [3.05, 3.63) is 47.7 Å². The van der Waals surface area contributed by atoms with Crippen LogP contribution in [0.15, 0.2) is 36.5 Å². The third-order valence-corrected chi connectivity index (χ3v) is 3.08. The first-order chi connectivity index (χ1) is 9.67. The summed E-state index contributed by atoms with van der Waals surface area (Å²) in [6.07, 6.45) is 1.28. The molecular formula is C17H26N2O2. The third kappa shape index (κ3) is 6.95. The Morgan fingerprint density at radius 3 is 2.29 bits per heavy atom. The lowest BCUT2D eigenvalue weighted by molar-refractivity contribution is -0.138. The lowest BCUT2D eigenvalue weighted by Crippen LogP contribution is -2.32. The Kier molecular flexibility index (Phi) is 5.97. The van der Waals surface area contributed by atoms with Crippen molar-refractivity contribution in [1.29, 1.82) is 0 Å². The molecule has 4 nitrogen and oxygen atoms in total. The molecule has 1 aromatic rings. The van der Waals surface area contributed by atoms with E-state index in [2.05, 4.69) is 32.7 Å². The van der Waals surface area contributed by atoms with Gasteiger partial charge in [-0.2, -0.15) is 0 Å². The van der Waals surface area contributed by atoms with Crippen molar-refractivity contribution in [2.24, 2.45) is 11.1 Å².